The van der Waals surface area contributed by atoms with Crippen molar-refractivity contribution in [3.8, 4) is 5.75 Å². The fraction of sp³-hybridized carbons (Fsp3) is 0.500. The van der Waals surface area contributed by atoms with E-state index in [1.807, 2.05) is 25.1 Å². The monoisotopic (exact) mass is 375 g/mol. The van der Waals surface area contributed by atoms with Crippen LogP contribution >= 0.6 is 12.2 Å². The van der Waals surface area contributed by atoms with Crippen LogP contribution in [0.15, 0.2) is 24.3 Å². The quantitative estimate of drug-likeness (QED) is 0.428. The number of benzene rings is 1. The Balaban J connectivity index is 1.83. The first kappa shape index (κ1) is 20.2. The number of nitrogens with one attached hydrogen (secondary N) is 3. The number of hydrazine groups is 1. The van der Waals surface area contributed by atoms with Gasteiger partial charge in [-0.05, 0) is 55.6 Å². The first-order valence-electron chi connectivity index (χ1n) is 9.10. The zero-order valence-electron chi connectivity index (χ0n) is 16.0. The second kappa shape index (κ2) is 9.57. The fourth-order valence-electron chi connectivity index (χ4n) is 3.30. The molecule has 142 valence electrons. The Morgan fingerprint density at radius 1 is 1.27 bits per heavy atom. The smallest absolute Gasteiger partial charge is 0.262 e. The maximum absolute atomic E-state index is 12.0. The maximum atomic E-state index is 12.0. The van der Waals surface area contributed by atoms with Gasteiger partial charge in [0.05, 0.1) is 7.11 Å². The zero-order valence-corrected chi connectivity index (χ0v) is 16.8. The Hall–Kier alpha value is -2.08. The molecule has 3 atom stereocenters. The molecular formula is C20H29N3O2S. The van der Waals surface area contributed by atoms with Crippen LogP contribution in [0.4, 0.5) is 0 Å². The largest absolute Gasteiger partial charge is 0.496 e. The first-order chi connectivity index (χ1) is 12.4. The van der Waals surface area contributed by atoms with E-state index >= 15 is 0 Å². The topological polar surface area (TPSA) is 62.4 Å². The van der Waals surface area contributed by atoms with E-state index < -0.39 is 0 Å². The summed E-state index contributed by atoms with van der Waals surface area (Å²) in [6, 6.07) is 6.17. The number of ether oxygens (including phenoxy) is 1. The number of hydrogen-bond donors (Lipinski definition) is 3. The van der Waals surface area contributed by atoms with Crippen molar-refractivity contribution in [2.75, 3.05) is 7.11 Å². The summed E-state index contributed by atoms with van der Waals surface area (Å²) in [6.45, 7) is 6.53. The molecule has 0 unspecified atom stereocenters. The average Bonchev–Trinajstić information content (AvgIpc) is 2.62. The van der Waals surface area contributed by atoms with Gasteiger partial charge in [0.1, 0.15) is 5.75 Å². The second-order valence-electron chi connectivity index (χ2n) is 7.04. The summed E-state index contributed by atoms with van der Waals surface area (Å²) in [5.41, 5.74) is 7.34. The lowest BCUT2D eigenvalue weighted by atomic mass is 9.78. The SMILES string of the molecule is COc1ccc(C)cc1/C=C/C(=O)NNC(=S)N[C@@H]1CCC[C@H](C)[C@@H]1C. The van der Waals surface area contributed by atoms with Gasteiger partial charge in [0.25, 0.3) is 5.91 Å². The Labute approximate surface area is 161 Å². The third-order valence-corrected chi connectivity index (χ3v) is 5.34. The van der Waals surface area contributed by atoms with Crippen LogP contribution in [0, 0.1) is 18.8 Å². The number of methoxy groups -OCH3 is 1. The van der Waals surface area contributed by atoms with Crippen LogP contribution in [0.25, 0.3) is 6.08 Å². The summed E-state index contributed by atoms with van der Waals surface area (Å²) in [6.07, 6.45) is 6.76. The summed E-state index contributed by atoms with van der Waals surface area (Å²) in [4.78, 5) is 12.0. The van der Waals surface area contributed by atoms with Gasteiger partial charge in [-0.25, -0.2) is 0 Å². The van der Waals surface area contributed by atoms with Crippen molar-refractivity contribution in [1.29, 1.82) is 0 Å². The van der Waals surface area contributed by atoms with E-state index in [2.05, 4.69) is 30.0 Å². The van der Waals surface area contributed by atoms with Crippen molar-refractivity contribution in [2.45, 2.75) is 46.1 Å². The lowest BCUT2D eigenvalue weighted by Crippen LogP contribution is -2.52. The molecule has 0 bridgehead atoms. The van der Waals surface area contributed by atoms with Gasteiger partial charge in [0.15, 0.2) is 5.11 Å². The lowest BCUT2D eigenvalue weighted by molar-refractivity contribution is -0.116. The maximum Gasteiger partial charge on any atom is 0.262 e. The Morgan fingerprint density at radius 3 is 2.77 bits per heavy atom. The van der Waals surface area contributed by atoms with Crippen molar-refractivity contribution in [3.63, 3.8) is 0 Å². The highest BCUT2D eigenvalue weighted by molar-refractivity contribution is 7.80. The predicted octanol–water partition coefficient (Wildman–Crippen LogP) is 3.34. The number of rotatable bonds is 4. The second-order valence-corrected chi connectivity index (χ2v) is 7.45. The molecule has 1 aliphatic rings. The molecule has 1 saturated carbocycles. The number of thiocarbonyl (C=S) groups is 1. The molecule has 0 aromatic heterocycles. The summed E-state index contributed by atoms with van der Waals surface area (Å²) in [5, 5.41) is 3.77. The third-order valence-electron chi connectivity index (χ3n) is 5.12. The molecule has 1 aliphatic carbocycles. The van der Waals surface area contributed by atoms with Crippen LogP contribution in [0.3, 0.4) is 0 Å². The van der Waals surface area contributed by atoms with Gasteiger partial charge in [-0.1, -0.05) is 38.3 Å². The molecule has 1 amide bonds. The Bertz CT molecular complexity index is 675. The molecule has 2 rings (SSSR count). The molecule has 5 nitrogen and oxygen atoms in total. The van der Waals surface area contributed by atoms with Gasteiger partial charge in [0.2, 0.25) is 0 Å². The minimum Gasteiger partial charge on any atom is -0.496 e. The van der Waals surface area contributed by atoms with Gasteiger partial charge < -0.3 is 10.1 Å². The summed E-state index contributed by atoms with van der Waals surface area (Å²) < 4.78 is 5.30. The van der Waals surface area contributed by atoms with Crippen molar-refractivity contribution in [3.05, 3.63) is 35.4 Å². The molecule has 1 aromatic carbocycles. The van der Waals surface area contributed by atoms with Crippen molar-refractivity contribution in [2.24, 2.45) is 11.8 Å². The number of hydrogen-bond acceptors (Lipinski definition) is 3. The molecule has 6 heteroatoms. The zero-order chi connectivity index (χ0) is 19.1. The predicted molar refractivity (Wildman–Crippen MR) is 110 cm³/mol. The molecule has 0 spiro atoms. The molecule has 1 aromatic rings. The number of amides is 1. The van der Waals surface area contributed by atoms with Crippen molar-refractivity contribution in [1.82, 2.24) is 16.2 Å². The highest BCUT2D eigenvalue weighted by atomic mass is 32.1. The van der Waals surface area contributed by atoms with Gasteiger partial charge >= 0.3 is 0 Å². The van der Waals surface area contributed by atoms with Gasteiger partial charge in [0, 0.05) is 17.7 Å². The van der Waals surface area contributed by atoms with Crippen molar-refractivity contribution >= 4 is 29.3 Å². The van der Waals surface area contributed by atoms with Crippen LogP contribution in [0.1, 0.15) is 44.2 Å². The van der Waals surface area contributed by atoms with Crippen LogP contribution in [-0.4, -0.2) is 24.2 Å². The van der Waals surface area contributed by atoms with E-state index in [1.165, 1.54) is 18.9 Å². The summed E-state index contributed by atoms with van der Waals surface area (Å²) >= 11 is 5.30. The van der Waals surface area contributed by atoms with Crippen LogP contribution in [-0.2, 0) is 4.79 Å². The lowest BCUT2D eigenvalue weighted by Gasteiger charge is -2.35. The van der Waals surface area contributed by atoms with E-state index in [1.54, 1.807) is 13.2 Å². The molecule has 0 aliphatic heterocycles. The molecule has 0 radical (unpaired) electrons. The van der Waals surface area contributed by atoms with Crippen LogP contribution < -0.4 is 20.9 Å². The normalized spacial score (nSPS) is 22.7. The van der Waals surface area contributed by atoms with E-state index in [9.17, 15) is 4.79 Å². The summed E-state index contributed by atoms with van der Waals surface area (Å²) in [7, 11) is 1.61. The van der Waals surface area contributed by atoms with E-state index in [0.717, 1.165) is 23.3 Å². The van der Waals surface area contributed by atoms with E-state index in [4.69, 9.17) is 17.0 Å². The fourth-order valence-corrected chi connectivity index (χ4v) is 3.50. The summed E-state index contributed by atoms with van der Waals surface area (Å²) in [5.74, 6) is 1.70. The Morgan fingerprint density at radius 2 is 2.04 bits per heavy atom. The van der Waals surface area contributed by atoms with E-state index in [-0.39, 0.29) is 5.91 Å². The molecule has 26 heavy (non-hydrogen) atoms. The van der Waals surface area contributed by atoms with Gasteiger partial charge in [-0.2, -0.15) is 0 Å². The van der Waals surface area contributed by atoms with Gasteiger partial charge in [-0.3, -0.25) is 15.6 Å². The molecule has 0 saturated heterocycles. The number of carbonyl (C=O) groups excluding carboxylic acids is 1. The number of aryl methyl sites for hydroxylation is 1. The van der Waals surface area contributed by atoms with Gasteiger partial charge in [-0.15, -0.1) is 0 Å². The molecule has 0 heterocycles. The van der Waals surface area contributed by atoms with Crippen LogP contribution in [0.2, 0.25) is 0 Å². The highest BCUT2D eigenvalue weighted by Gasteiger charge is 2.27. The van der Waals surface area contributed by atoms with Crippen molar-refractivity contribution < 1.29 is 9.53 Å². The van der Waals surface area contributed by atoms with E-state index in [0.29, 0.717) is 23.0 Å². The Kier molecular flexibility index (Phi) is 7.45. The third kappa shape index (κ3) is 5.73. The average molecular weight is 376 g/mol. The highest BCUT2D eigenvalue weighted by Crippen LogP contribution is 2.29. The standard InChI is InChI=1S/C20H29N3O2S/c1-13-8-10-18(25-4)16(12-13)9-11-19(24)22-23-20(26)21-17-7-5-6-14(2)15(17)3/h8-12,14-15,17H,5-7H2,1-4H3,(H,22,24)(H2,21,23,26)/b11-9+/t14-,15-,17+/m0/s1. The van der Waals surface area contributed by atoms with Crippen LogP contribution in [0.5, 0.6) is 5.75 Å². The minimum absolute atomic E-state index is 0.275. The molecule has 3 N–H and O–H groups in total. The minimum atomic E-state index is -0.275. The molecular weight excluding hydrogens is 346 g/mol. The first-order valence-corrected chi connectivity index (χ1v) is 9.50. The number of carbonyl (C=O) groups is 1. The molecule has 1 fully saturated rings.